The SMILES string of the molecule is BNC12CNCCNCC(N)(CNCCNC1)CNCCNC2. The number of rotatable bonds is 1. The van der Waals surface area contributed by atoms with Crippen LogP contribution in [0.1, 0.15) is 0 Å². The highest BCUT2D eigenvalue weighted by Gasteiger charge is 2.28. The Kier molecular flexibility index (Phi) is 8.21. The summed E-state index contributed by atoms with van der Waals surface area (Å²) in [6.45, 7) is 10.9. The molecule has 0 atom stereocenters. The van der Waals surface area contributed by atoms with Crippen molar-refractivity contribution >= 4 is 7.98 Å². The fourth-order valence-corrected chi connectivity index (χ4v) is 3.17. The second-order valence-corrected chi connectivity index (χ2v) is 6.95. The monoisotopic (exact) mass is 326 g/mol. The van der Waals surface area contributed by atoms with E-state index in [9.17, 15) is 0 Å². The topological polar surface area (TPSA) is 110 Å². The van der Waals surface area contributed by atoms with E-state index in [4.69, 9.17) is 5.73 Å². The first kappa shape index (κ1) is 19.1. The van der Waals surface area contributed by atoms with E-state index in [2.05, 4.69) is 45.1 Å². The lowest BCUT2D eigenvalue weighted by Gasteiger charge is -2.37. The van der Waals surface area contributed by atoms with Crippen LogP contribution in [0.2, 0.25) is 0 Å². The molecule has 9 N–H and O–H groups in total. The summed E-state index contributed by atoms with van der Waals surface area (Å²) in [5, 5.41) is 24.8. The molecule has 0 aromatic carbocycles. The molecule has 0 radical (unpaired) electrons. The minimum Gasteiger partial charge on any atom is -0.354 e. The predicted molar refractivity (Wildman–Crippen MR) is 98.5 cm³/mol. The van der Waals surface area contributed by atoms with Gasteiger partial charge in [-0.3, -0.25) is 0 Å². The molecular weight excluding hydrogens is 291 g/mol. The van der Waals surface area contributed by atoms with Crippen LogP contribution in [0.25, 0.3) is 0 Å². The minimum absolute atomic E-state index is 0.0197. The van der Waals surface area contributed by atoms with Gasteiger partial charge in [0, 0.05) is 84.1 Å². The van der Waals surface area contributed by atoms with Crippen molar-refractivity contribution in [3.63, 3.8) is 0 Å². The number of nitrogens with one attached hydrogen (secondary N) is 7. The molecule has 3 rings (SSSR count). The van der Waals surface area contributed by atoms with Gasteiger partial charge in [-0.05, 0) is 0 Å². The number of hydrogen-bond donors (Lipinski definition) is 8. The Bertz CT molecular complexity index is 286. The Morgan fingerprint density at radius 2 is 0.913 bits per heavy atom. The van der Waals surface area contributed by atoms with Crippen LogP contribution in [-0.4, -0.2) is 97.6 Å². The summed E-state index contributed by atoms with van der Waals surface area (Å²) in [7, 11) is 2.05. The maximum Gasteiger partial charge on any atom is 0.182 e. The summed E-state index contributed by atoms with van der Waals surface area (Å²) in [5.41, 5.74) is 6.34. The number of hydrogen-bond acceptors (Lipinski definition) is 8. The standard InChI is InChI=1S/C14H35BN8/c15-23-14-10-20-4-1-17-7-13(16,8-18-2-5-21-11-14)9-19-3-6-22-12-14/h17-23H,1-12,15-16H2. The highest BCUT2D eigenvalue weighted by Crippen LogP contribution is 2.01. The van der Waals surface area contributed by atoms with E-state index in [1.807, 2.05) is 0 Å². The van der Waals surface area contributed by atoms with Gasteiger partial charge in [0.2, 0.25) is 0 Å². The van der Waals surface area contributed by atoms with Crippen LogP contribution in [0, 0.1) is 0 Å². The molecule has 3 heterocycles. The van der Waals surface area contributed by atoms with E-state index in [0.717, 1.165) is 78.5 Å². The van der Waals surface area contributed by atoms with Gasteiger partial charge in [0.15, 0.2) is 7.98 Å². The highest BCUT2D eigenvalue weighted by atomic mass is 15.1. The Hall–Kier alpha value is -0.255. The van der Waals surface area contributed by atoms with E-state index >= 15 is 0 Å². The Morgan fingerprint density at radius 1 is 0.609 bits per heavy atom. The van der Waals surface area contributed by atoms with E-state index < -0.39 is 0 Å². The van der Waals surface area contributed by atoms with Gasteiger partial charge < -0.3 is 42.9 Å². The zero-order valence-corrected chi connectivity index (χ0v) is 14.6. The summed E-state index contributed by atoms with van der Waals surface area (Å²) < 4.78 is 0. The van der Waals surface area contributed by atoms with Crippen LogP contribution in [-0.2, 0) is 0 Å². The van der Waals surface area contributed by atoms with Crippen molar-refractivity contribution in [2.45, 2.75) is 11.1 Å². The van der Waals surface area contributed by atoms with Crippen LogP contribution < -0.4 is 42.9 Å². The zero-order chi connectivity index (χ0) is 16.4. The van der Waals surface area contributed by atoms with Crippen LogP contribution in [0.4, 0.5) is 0 Å². The number of fused-ring (bicyclic) bond motifs is 15. The van der Waals surface area contributed by atoms with E-state index in [-0.39, 0.29) is 11.1 Å². The second kappa shape index (κ2) is 9.90. The lowest BCUT2D eigenvalue weighted by atomic mass is 9.96. The third-order valence-electron chi connectivity index (χ3n) is 4.79. The van der Waals surface area contributed by atoms with Crippen molar-refractivity contribution in [1.29, 1.82) is 0 Å². The van der Waals surface area contributed by atoms with Crippen LogP contribution in [0.5, 0.6) is 0 Å². The van der Waals surface area contributed by atoms with E-state index in [1.165, 1.54) is 0 Å². The van der Waals surface area contributed by atoms with Gasteiger partial charge in [-0.1, -0.05) is 0 Å². The molecule has 0 amide bonds. The van der Waals surface area contributed by atoms with Crippen molar-refractivity contribution in [2.24, 2.45) is 5.73 Å². The van der Waals surface area contributed by atoms with Crippen molar-refractivity contribution in [3.05, 3.63) is 0 Å². The first-order chi connectivity index (χ1) is 11.2. The van der Waals surface area contributed by atoms with Gasteiger partial charge >= 0.3 is 0 Å². The van der Waals surface area contributed by atoms with Gasteiger partial charge in [-0.15, -0.1) is 0 Å². The molecule has 9 heteroatoms. The third kappa shape index (κ3) is 6.63. The largest absolute Gasteiger partial charge is 0.354 e. The smallest absolute Gasteiger partial charge is 0.182 e. The van der Waals surface area contributed by atoms with Crippen molar-refractivity contribution < 1.29 is 0 Å². The molecular formula is C14H35BN8. The molecule has 0 aromatic heterocycles. The van der Waals surface area contributed by atoms with Crippen LogP contribution in [0.3, 0.4) is 0 Å². The van der Waals surface area contributed by atoms with Crippen LogP contribution in [0.15, 0.2) is 0 Å². The maximum atomic E-state index is 6.58. The van der Waals surface area contributed by atoms with Crippen molar-refractivity contribution in [1.82, 2.24) is 37.1 Å². The molecule has 3 aliphatic rings. The molecule has 0 saturated carbocycles. The second-order valence-electron chi connectivity index (χ2n) is 6.95. The molecule has 0 spiro atoms. The molecule has 0 aliphatic carbocycles. The fourth-order valence-electron chi connectivity index (χ4n) is 3.17. The predicted octanol–water partition coefficient (Wildman–Crippen LogP) is -4.87. The Balaban J connectivity index is 2.06. The summed E-state index contributed by atoms with van der Waals surface area (Å²) in [6, 6.07) is 0. The van der Waals surface area contributed by atoms with E-state index in [1.54, 1.807) is 0 Å². The molecule has 0 unspecified atom stereocenters. The highest BCUT2D eigenvalue weighted by molar-refractivity contribution is 6.05. The average molecular weight is 326 g/mol. The van der Waals surface area contributed by atoms with Gasteiger partial charge in [0.1, 0.15) is 0 Å². The van der Waals surface area contributed by atoms with Gasteiger partial charge in [0.25, 0.3) is 0 Å². The molecule has 3 fully saturated rings. The molecule has 23 heavy (non-hydrogen) atoms. The van der Waals surface area contributed by atoms with Gasteiger partial charge in [-0.25, -0.2) is 0 Å². The van der Waals surface area contributed by atoms with Gasteiger partial charge in [0.05, 0.1) is 5.54 Å². The summed E-state index contributed by atoms with van der Waals surface area (Å²) in [6.07, 6.45) is 0. The van der Waals surface area contributed by atoms with Gasteiger partial charge in [-0.2, -0.15) is 0 Å². The van der Waals surface area contributed by atoms with Crippen molar-refractivity contribution in [2.75, 3.05) is 78.5 Å². The number of nitrogens with two attached hydrogens (primary N) is 1. The lowest BCUT2D eigenvalue weighted by Crippen LogP contribution is -2.65. The molecule has 134 valence electrons. The summed E-state index contributed by atoms with van der Waals surface area (Å²) in [5.74, 6) is 0. The normalized spacial score (nSPS) is 36.2. The zero-order valence-electron chi connectivity index (χ0n) is 14.6. The fraction of sp³-hybridized carbons (Fsp3) is 1.00. The van der Waals surface area contributed by atoms with E-state index in [0.29, 0.717) is 0 Å². The Morgan fingerprint density at radius 3 is 1.22 bits per heavy atom. The average Bonchev–Trinajstić information content (AvgIpc) is 2.56. The van der Waals surface area contributed by atoms with Crippen molar-refractivity contribution in [3.8, 4) is 0 Å². The maximum absolute atomic E-state index is 6.58. The van der Waals surface area contributed by atoms with Crippen LogP contribution >= 0.6 is 0 Å². The molecule has 3 aliphatic heterocycles. The Labute approximate surface area is 141 Å². The lowest BCUT2D eigenvalue weighted by molar-refractivity contribution is 0.303. The molecule has 8 nitrogen and oxygen atoms in total. The third-order valence-corrected chi connectivity index (χ3v) is 4.79. The summed E-state index contributed by atoms with van der Waals surface area (Å²) in [4.78, 5) is 0. The molecule has 2 bridgehead atoms. The summed E-state index contributed by atoms with van der Waals surface area (Å²) >= 11 is 0. The minimum atomic E-state index is -0.261. The molecule has 3 saturated heterocycles. The quantitative estimate of drug-likeness (QED) is 0.227. The molecule has 0 aromatic rings. The first-order valence-electron chi connectivity index (χ1n) is 8.90. The first-order valence-corrected chi connectivity index (χ1v) is 8.90.